The third-order valence-corrected chi connectivity index (χ3v) is 7.90. The van der Waals surface area contributed by atoms with E-state index in [1.165, 1.54) is 9.13 Å². The van der Waals surface area contributed by atoms with Crippen LogP contribution >= 0.6 is 0 Å². The van der Waals surface area contributed by atoms with Crippen LogP contribution in [-0.2, 0) is 25.0 Å². The molecule has 1 aliphatic heterocycles. The van der Waals surface area contributed by atoms with Gasteiger partial charge < -0.3 is 24.0 Å². The number of fused-ring (bicyclic) bond motifs is 1. The Balaban J connectivity index is 1.31. The summed E-state index contributed by atoms with van der Waals surface area (Å²) in [5.74, 6) is -0.0150. The SMILES string of the molecule is Cn1c(=O)n(-c2ccc(OCc3ccccc3)nc2OCc2ccccc2)c2ccc(N3CCN(C(=O)OC(C)(C)C)CC3)c(F)c21. The predicted molar refractivity (Wildman–Crippen MR) is 178 cm³/mol. The van der Waals surface area contributed by atoms with E-state index in [1.807, 2.05) is 86.3 Å². The van der Waals surface area contributed by atoms with Gasteiger partial charge in [-0.25, -0.2) is 14.0 Å². The molecule has 5 aromatic rings. The Bertz CT molecular complexity index is 1930. The highest BCUT2D eigenvalue weighted by Gasteiger charge is 2.29. The smallest absolute Gasteiger partial charge is 0.410 e. The topological polar surface area (TPSA) is 91.1 Å². The normalized spacial score (nSPS) is 13.6. The van der Waals surface area contributed by atoms with E-state index in [0.29, 0.717) is 55.6 Å². The summed E-state index contributed by atoms with van der Waals surface area (Å²) in [6.07, 6.45) is -0.386. The quantitative estimate of drug-likeness (QED) is 0.203. The van der Waals surface area contributed by atoms with Gasteiger partial charge >= 0.3 is 11.8 Å². The lowest BCUT2D eigenvalue weighted by Gasteiger charge is -2.36. The Morgan fingerprint density at radius 3 is 2.02 bits per heavy atom. The number of imidazole rings is 1. The largest absolute Gasteiger partial charge is 0.473 e. The number of benzene rings is 3. The average molecular weight is 640 g/mol. The molecule has 244 valence electrons. The van der Waals surface area contributed by atoms with Gasteiger partial charge in [0, 0.05) is 39.3 Å². The van der Waals surface area contributed by atoms with E-state index in [2.05, 4.69) is 4.98 Å². The molecule has 3 heterocycles. The standard InChI is InChI=1S/C36H38FN5O5/c1-36(2,3)47-35(44)41-21-19-40(20-22-41)27-15-16-28-32(31(27)37)39(4)34(43)42(28)29-17-18-30(45-23-25-11-7-5-8-12-25)38-33(29)46-24-26-13-9-6-10-14-26/h5-18H,19-24H2,1-4H3. The number of hydrogen-bond acceptors (Lipinski definition) is 7. The van der Waals surface area contributed by atoms with Crippen molar-refractivity contribution in [1.82, 2.24) is 19.0 Å². The lowest BCUT2D eigenvalue weighted by Crippen LogP contribution is -2.50. The zero-order chi connectivity index (χ0) is 33.1. The lowest BCUT2D eigenvalue weighted by atomic mass is 10.2. The maximum atomic E-state index is 16.3. The molecule has 0 radical (unpaired) electrons. The minimum Gasteiger partial charge on any atom is -0.473 e. The summed E-state index contributed by atoms with van der Waals surface area (Å²) >= 11 is 0. The second kappa shape index (κ2) is 13.2. The molecular weight excluding hydrogens is 601 g/mol. The summed E-state index contributed by atoms with van der Waals surface area (Å²) in [6, 6.07) is 26.1. The molecule has 0 N–H and O–H groups in total. The molecule has 0 spiro atoms. The van der Waals surface area contributed by atoms with Gasteiger partial charge in [0.15, 0.2) is 5.82 Å². The second-order valence-corrected chi connectivity index (χ2v) is 12.4. The molecule has 1 fully saturated rings. The van der Waals surface area contributed by atoms with E-state index < -0.39 is 17.1 Å². The summed E-state index contributed by atoms with van der Waals surface area (Å²) in [4.78, 5) is 34.4. The molecule has 0 bridgehead atoms. The van der Waals surface area contributed by atoms with Crippen molar-refractivity contribution in [2.75, 3.05) is 31.1 Å². The van der Waals surface area contributed by atoms with Gasteiger partial charge in [-0.3, -0.25) is 9.13 Å². The van der Waals surface area contributed by atoms with Crippen LogP contribution in [0.5, 0.6) is 11.8 Å². The number of aromatic nitrogens is 3. The van der Waals surface area contributed by atoms with Crippen molar-refractivity contribution in [3.63, 3.8) is 0 Å². The van der Waals surface area contributed by atoms with Crippen molar-refractivity contribution in [2.45, 2.75) is 39.6 Å². The van der Waals surface area contributed by atoms with Crippen molar-refractivity contribution < 1.29 is 23.4 Å². The molecule has 11 heteroatoms. The number of rotatable bonds is 8. The van der Waals surface area contributed by atoms with Gasteiger partial charge in [0.1, 0.15) is 30.0 Å². The first-order valence-corrected chi connectivity index (χ1v) is 15.6. The number of nitrogens with zero attached hydrogens (tertiary/aromatic N) is 5. The highest BCUT2D eigenvalue weighted by Crippen LogP contribution is 2.32. The van der Waals surface area contributed by atoms with Crippen LogP contribution in [-0.4, -0.2) is 56.9 Å². The van der Waals surface area contributed by atoms with Crippen LogP contribution in [0.25, 0.3) is 16.7 Å². The van der Waals surface area contributed by atoms with Gasteiger partial charge in [0.05, 0.1) is 11.2 Å². The van der Waals surface area contributed by atoms with Crippen LogP contribution in [0.2, 0.25) is 0 Å². The van der Waals surface area contributed by atoms with Gasteiger partial charge in [-0.1, -0.05) is 60.7 Å². The van der Waals surface area contributed by atoms with Gasteiger partial charge in [-0.15, -0.1) is 0 Å². The Hall–Kier alpha value is -5.32. The third kappa shape index (κ3) is 6.94. The molecule has 0 unspecified atom stereocenters. The van der Waals surface area contributed by atoms with Crippen molar-refractivity contribution in [2.24, 2.45) is 7.05 Å². The van der Waals surface area contributed by atoms with Crippen molar-refractivity contribution in [3.05, 3.63) is 112 Å². The summed E-state index contributed by atoms with van der Waals surface area (Å²) in [5.41, 5.74) is 2.10. The number of ether oxygens (including phenoxy) is 3. The summed E-state index contributed by atoms with van der Waals surface area (Å²) in [6.45, 7) is 7.60. The molecule has 47 heavy (non-hydrogen) atoms. The monoisotopic (exact) mass is 639 g/mol. The average Bonchev–Trinajstić information content (AvgIpc) is 3.32. The van der Waals surface area contributed by atoms with E-state index in [1.54, 1.807) is 36.2 Å². The molecule has 0 aliphatic carbocycles. The molecule has 1 aliphatic rings. The zero-order valence-corrected chi connectivity index (χ0v) is 27.0. The van der Waals surface area contributed by atoms with Crippen LogP contribution in [0.4, 0.5) is 14.9 Å². The van der Waals surface area contributed by atoms with E-state index >= 15 is 4.39 Å². The van der Waals surface area contributed by atoms with Crippen molar-refractivity contribution in [1.29, 1.82) is 0 Å². The summed E-state index contributed by atoms with van der Waals surface area (Å²) < 4.78 is 36.7. The first-order chi connectivity index (χ1) is 22.6. The molecule has 1 amide bonds. The first kappa shape index (κ1) is 31.7. The Kier molecular flexibility index (Phi) is 8.88. The predicted octanol–water partition coefficient (Wildman–Crippen LogP) is 6.08. The summed E-state index contributed by atoms with van der Waals surface area (Å²) in [7, 11) is 1.55. The van der Waals surface area contributed by atoms with E-state index in [0.717, 1.165) is 11.1 Å². The van der Waals surface area contributed by atoms with Gasteiger partial charge in [-0.05, 0) is 50.1 Å². The van der Waals surface area contributed by atoms with Gasteiger partial charge in [0.25, 0.3) is 0 Å². The van der Waals surface area contributed by atoms with E-state index in [9.17, 15) is 9.59 Å². The van der Waals surface area contributed by atoms with E-state index in [4.69, 9.17) is 14.2 Å². The number of amides is 1. The molecule has 3 aromatic carbocycles. The van der Waals surface area contributed by atoms with Crippen LogP contribution < -0.4 is 20.1 Å². The lowest BCUT2D eigenvalue weighted by molar-refractivity contribution is 0.0240. The Morgan fingerprint density at radius 1 is 0.809 bits per heavy atom. The number of anilines is 1. The Morgan fingerprint density at radius 2 is 1.40 bits per heavy atom. The van der Waals surface area contributed by atoms with Crippen molar-refractivity contribution >= 4 is 22.8 Å². The highest BCUT2D eigenvalue weighted by atomic mass is 19.1. The number of hydrogen-bond donors (Lipinski definition) is 0. The first-order valence-electron chi connectivity index (χ1n) is 15.6. The van der Waals surface area contributed by atoms with E-state index in [-0.39, 0.29) is 24.1 Å². The molecule has 0 saturated carbocycles. The number of halogens is 1. The molecule has 6 rings (SSSR count). The fourth-order valence-electron chi connectivity index (χ4n) is 5.56. The zero-order valence-electron chi connectivity index (χ0n) is 27.0. The number of pyridine rings is 1. The number of piperazine rings is 1. The number of carbonyl (C=O) groups excluding carboxylic acids is 1. The molecule has 2 aromatic heterocycles. The molecule has 0 atom stereocenters. The second-order valence-electron chi connectivity index (χ2n) is 12.4. The fourth-order valence-corrected chi connectivity index (χ4v) is 5.56. The molecular formula is C36H38FN5O5. The number of aryl methyl sites for hydroxylation is 1. The van der Waals surface area contributed by atoms with Crippen LogP contribution in [0.1, 0.15) is 31.9 Å². The maximum Gasteiger partial charge on any atom is 0.410 e. The highest BCUT2D eigenvalue weighted by molar-refractivity contribution is 5.83. The fraction of sp³-hybridized carbons (Fsp3) is 0.306. The van der Waals surface area contributed by atoms with Gasteiger partial charge in [-0.2, -0.15) is 4.98 Å². The Labute approximate surface area is 272 Å². The minimum atomic E-state index is -0.596. The van der Waals surface area contributed by atoms with Crippen LogP contribution in [0, 0.1) is 5.82 Å². The van der Waals surface area contributed by atoms with Crippen LogP contribution in [0.15, 0.2) is 89.7 Å². The van der Waals surface area contributed by atoms with Crippen molar-refractivity contribution in [3.8, 4) is 17.4 Å². The maximum absolute atomic E-state index is 16.3. The molecule has 1 saturated heterocycles. The van der Waals surface area contributed by atoms with Gasteiger partial charge in [0.2, 0.25) is 11.8 Å². The minimum absolute atomic E-state index is 0.153. The molecule has 10 nitrogen and oxygen atoms in total. The van der Waals surface area contributed by atoms with Crippen LogP contribution in [0.3, 0.4) is 0 Å². The third-order valence-electron chi connectivity index (χ3n) is 7.90. The number of carbonyl (C=O) groups is 1. The summed E-state index contributed by atoms with van der Waals surface area (Å²) in [5, 5.41) is 0.